The topological polar surface area (TPSA) is 62.5 Å². The number of likely N-dealkylation sites (tertiary alicyclic amines) is 1. The molecule has 0 radical (unpaired) electrons. The third kappa shape index (κ3) is 4.11. The highest BCUT2D eigenvalue weighted by atomic mass is 16.5. The average Bonchev–Trinajstić information content (AvgIpc) is 3.45. The highest BCUT2D eigenvalue weighted by Crippen LogP contribution is 2.38. The maximum Gasteiger partial charge on any atom is 0.229 e. The van der Waals surface area contributed by atoms with Crippen molar-refractivity contribution in [1.82, 2.24) is 19.9 Å². The number of hydrogen-bond donors (Lipinski definition) is 0. The van der Waals surface area contributed by atoms with Crippen LogP contribution in [0.5, 0.6) is 0 Å². The van der Waals surface area contributed by atoms with Gasteiger partial charge < -0.3 is 14.3 Å². The van der Waals surface area contributed by atoms with E-state index < -0.39 is 0 Å². The Morgan fingerprint density at radius 2 is 1.85 bits per heavy atom. The summed E-state index contributed by atoms with van der Waals surface area (Å²) in [6, 6.07) is 0.766. The fourth-order valence-corrected chi connectivity index (χ4v) is 4.56. The second kappa shape index (κ2) is 8.07. The molecule has 144 valence electrons. The molecule has 6 heteroatoms. The monoisotopic (exact) mass is 360 g/mol. The van der Waals surface area contributed by atoms with E-state index in [1.807, 2.05) is 11.8 Å². The van der Waals surface area contributed by atoms with Gasteiger partial charge in [-0.25, -0.2) is 0 Å². The highest BCUT2D eigenvalue weighted by molar-refractivity contribution is 5.78. The zero-order valence-corrected chi connectivity index (χ0v) is 16.0. The van der Waals surface area contributed by atoms with Gasteiger partial charge in [0.25, 0.3) is 0 Å². The zero-order chi connectivity index (χ0) is 17.9. The Labute approximate surface area is 156 Å². The fraction of sp³-hybridized carbons (Fsp3) is 0.850. The van der Waals surface area contributed by atoms with Crippen LogP contribution in [0.2, 0.25) is 0 Å². The molecule has 1 aromatic rings. The Hall–Kier alpha value is -1.43. The molecule has 0 N–H and O–H groups in total. The third-order valence-corrected chi connectivity index (χ3v) is 6.41. The second-order valence-electron chi connectivity index (χ2n) is 8.28. The van der Waals surface area contributed by atoms with Crippen molar-refractivity contribution in [3.63, 3.8) is 0 Å². The average molecular weight is 361 g/mol. The largest absolute Gasteiger partial charge is 0.339 e. The van der Waals surface area contributed by atoms with E-state index >= 15 is 0 Å². The number of amides is 1. The molecule has 4 rings (SSSR count). The van der Waals surface area contributed by atoms with Crippen LogP contribution in [0.1, 0.15) is 82.3 Å². The molecule has 6 nitrogen and oxygen atoms in total. The molecule has 1 aliphatic heterocycles. The highest BCUT2D eigenvalue weighted by Gasteiger charge is 2.33. The second-order valence-corrected chi connectivity index (χ2v) is 8.28. The van der Waals surface area contributed by atoms with Crippen LogP contribution >= 0.6 is 0 Å². The van der Waals surface area contributed by atoms with Gasteiger partial charge in [-0.15, -0.1) is 0 Å². The lowest BCUT2D eigenvalue weighted by Gasteiger charge is -2.39. The molecule has 2 heterocycles. The standard InChI is InChI=1S/C20H32N4O2/c1-2-23(14-18-21-19(26-22-18)15-8-9-15)20(25)16-10-12-24(13-11-16)17-6-4-3-5-7-17/h15-17H,2-14H2,1H3. The Morgan fingerprint density at radius 3 is 2.50 bits per heavy atom. The normalized spacial score (nSPS) is 23.3. The number of hydrogen-bond acceptors (Lipinski definition) is 5. The van der Waals surface area contributed by atoms with Crippen LogP contribution in [0, 0.1) is 5.92 Å². The number of piperidine rings is 1. The molecule has 3 aliphatic rings. The Morgan fingerprint density at radius 1 is 1.12 bits per heavy atom. The first-order chi connectivity index (χ1) is 12.7. The van der Waals surface area contributed by atoms with E-state index in [1.54, 1.807) is 0 Å². The van der Waals surface area contributed by atoms with Gasteiger partial charge in [0.05, 0.1) is 6.54 Å². The number of carbonyl (C=O) groups is 1. The van der Waals surface area contributed by atoms with Crippen molar-refractivity contribution < 1.29 is 9.32 Å². The van der Waals surface area contributed by atoms with E-state index in [2.05, 4.69) is 15.0 Å². The predicted molar refractivity (Wildman–Crippen MR) is 98.5 cm³/mol. The SMILES string of the molecule is CCN(Cc1noc(C2CC2)n1)C(=O)C1CCN(C2CCCCC2)CC1. The lowest BCUT2D eigenvalue weighted by Crippen LogP contribution is -2.46. The molecule has 2 saturated carbocycles. The van der Waals surface area contributed by atoms with E-state index in [1.165, 1.54) is 32.1 Å². The molecular formula is C20H32N4O2. The van der Waals surface area contributed by atoms with Crippen molar-refractivity contribution in [2.24, 2.45) is 5.92 Å². The first-order valence-electron chi connectivity index (χ1n) is 10.6. The summed E-state index contributed by atoms with van der Waals surface area (Å²) >= 11 is 0. The van der Waals surface area contributed by atoms with Gasteiger partial charge in [0, 0.05) is 24.4 Å². The molecular weight excluding hydrogens is 328 g/mol. The summed E-state index contributed by atoms with van der Waals surface area (Å²) in [7, 11) is 0. The van der Waals surface area contributed by atoms with Gasteiger partial charge in [0.15, 0.2) is 5.82 Å². The zero-order valence-electron chi connectivity index (χ0n) is 16.0. The molecule has 26 heavy (non-hydrogen) atoms. The fourth-order valence-electron chi connectivity index (χ4n) is 4.56. The van der Waals surface area contributed by atoms with Crippen LogP contribution in [-0.2, 0) is 11.3 Å². The number of aromatic nitrogens is 2. The minimum absolute atomic E-state index is 0.157. The lowest BCUT2D eigenvalue weighted by atomic mass is 9.89. The first kappa shape index (κ1) is 18.0. The third-order valence-electron chi connectivity index (χ3n) is 6.41. The molecule has 1 saturated heterocycles. The summed E-state index contributed by atoms with van der Waals surface area (Å²) in [5, 5.41) is 4.08. The predicted octanol–water partition coefficient (Wildman–Crippen LogP) is 3.34. The number of nitrogens with zero attached hydrogens (tertiary/aromatic N) is 4. The summed E-state index contributed by atoms with van der Waals surface area (Å²) in [4.78, 5) is 22.0. The van der Waals surface area contributed by atoms with Gasteiger partial charge >= 0.3 is 0 Å². The van der Waals surface area contributed by atoms with Crippen molar-refractivity contribution in [1.29, 1.82) is 0 Å². The van der Waals surface area contributed by atoms with Crippen LogP contribution in [0.3, 0.4) is 0 Å². The maximum atomic E-state index is 13.0. The van der Waals surface area contributed by atoms with E-state index in [-0.39, 0.29) is 11.8 Å². The molecule has 0 aromatic carbocycles. The Bertz CT molecular complexity index is 599. The van der Waals surface area contributed by atoms with Crippen molar-refractivity contribution in [2.45, 2.75) is 83.2 Å². The van der Waals surface area contributed by atoms with E-state index in [4.69, 9.17) is 4.52 Å². The van der Waals surface area contributed by atoms with Gasteiger partial charge in [-0.3, -0.25) is 4.79 Å². The molecule has 1 aromatic heterocycles. The summed E-state index contributed by atoms with van der Waals surface area (Å²) in [5.74, 6) is 2.30. The van der Waals surface area contributed by atoms with Crippen molar-refractivity contribution >= 4 is 5.91 Å². The summed E-state index contributed by atoms with van der Waals surface area (Å²) < 4.78 is 5.33. The van der Waals surface area contributed by atoms with Crippen LogP contribution < -0.4 is 0 Å². The number of rotatable bonds is 6. The minimum Gasteiger partial charge on any atom is -0.339 e. The molecule has 0 atom stereocenters. The van der Waals surface area contributed by atoms with Gasteiger partial charge in [-0.1, -0.05) is 24.4 Å². The van der Waals surface area contributed by atoms with Gasteiger partial charge in [-0.2, -0.15) is 4.98 Å². The molecule has 2 aliphatic carbocycles. The summed E-state index contributed by atoms with van der Waals surface area (Å²) in [6.07, 6.45) is 11.1. The smallest absolute Gasteiger partial charge is 0.229 e. The van der Waals surface area contributed by atoms with Crippen molar-refractivity contribution in [3.8, 4) is 0 Å². The summed E-state index contributed by atoms with van der Waals surface area (Å²) in [6.45, 7) is 5.37. The van der Waals surface area contributed by atoms with Crippen molar-refractivity contribution in [3.05, 3.63) is 11.7 Å². The Kier molecular flexibility index (Phi) is 5.57. The first-order valence-corrected chi connectivity index (χ1v) is 10.6. The van der Waals surface area contributed by atoms with Crippen LogP contribution in [0.25, 0.3) is 0 Å². The van der Waals surface area contributed by atoms with Crippen LogP contribution in [-0.4, -0.2) is 51.5 Å². The summed E-state index contributed by atoms with van der Waals surface area (Å²) in [5.41, 5.74) is 0. The van der Waals surface area contributed by atoms with Crippen LogP contribution in [0.15, 0.2) is 4.52 Å². The molecule has 3 fully saturated rings. The van der Waals surface area contributed by atoms with E-state index in [0.29, 0.717) is 24.8 Å². The molecule has 0 spiro atoms. The van der Waals surface area contributed by atoms with Gasteiger partial charge in [0.2, 0.25) is 11.8 Å². The molecule has 0 unspecified atom stereocenters. The van der Waals surface area contributed by atoms with E-state index in [0.717, 1.165) is 50.7 Å². The maximum absolute atomic E-state index is 13.0. The molecule has 0 bridgehead atoms. The van der Waals surface area contributed by atoms with E-state index in [9.17, 15) is 4.79 Å². The lowest BCUT2D eigenvalue weighted by molar-refractivity contribution is -0.137. The minimum atomic E-state index is 0.157. The van der Waals surface area contributed by atoms with Crippen LogP contribution in [0.4, 0.5) is 0 Å². The van der Waals surface area contributed by atoms with Gasteiger partial charge in [0.1, 0.15) is 0 Å². The molecule has 1 amide bonds. The Balaban J connectivity index is 1.29. The quantitative estimate of drug-likeness (QED) is 0.778. The number of carbonyl (C=O) groups excluding carboxylic acids is 1. The van der Waals surface area contributed by atoms with Crippen molar-refractivity contribution in [2.75, 3.05) is 19.6 Å². The van der Waals surface area contributed by atoms with Gasteiger partial charge in [-0.05, 0) is 58.5 Å².